The van der Waals surface area contributed by atoms with Crippen LogP contribution in [-0.4, -0.2) is 30.3 Å². The van der Waals surface area contributed by atoms with Crippen LogP contribution in [0, 0.1) is 11.8 Å². The quantitative estimate of drug-likeness (QED) is 0.804. The molecule has 0 radical (unpaired) electrons. The SMILES string of the molecule is COC(C)(C)C(=O)NCc1ccc(C#CCO)s1. The van der Waals surface area contributed by atoms with Gasteiger partial charge in [0.15, 0.2) is 0 Å². The van der Waals surface area contributed by atoms with Gasteiger partial charge in [0.25, 0.3) is 5.91 Å². The third kappa shape index (κ3) is 4.15. The van der Waals surface area contributed by atoms with Crippen molar-refractivity contribution in [2.45, 2.75) is 26.0 Å². The molecular formula is C13H17NO3S. The van der Waals surface area contributed by atoms with Crippen LogP contribution in [-0.2, 0) is 16.1 Å². The van der Waals surface area contributed by atoms with Crippen molar-refractivity contribution < 1.29 is 14.6 Å². The van der Waals surface area contributed by atoms with E-state index in [9.17, 15) is 4.79 Å². The van der Waals surface area contributed by atoms with E-state index in [0.717, 1.165) is 9.75 Å². The zero-order chi connectivity index (χ0) is 13.6. The number of methoxy groups -OCH3 is 1. The third-order valence-corrected chi connectivity index (χ3v) is 3.43. The molecule has 0 bridgehead atoms. The second-order valence-electron chi connectivity index (χ2n) is 4.12. The van der Waals surface area contributed by atoms with Crippen LogP contribution >= 0.6 is 11.3 Å². The Morgan fingerprint density at radius 2 is 2.28 bits per heavy atom. The Kier molecular flexibility index (Phi) is 5.35. The van der Waals surface area contributed by atoms with Gasteiger partial charge in [0.1, 0.15) is 12.2 Å². The lowest BCUT2D eigenvalue weighted by atomic mass is 10.1. The predicted octanol–water partition coefficient (Wildman–Crippen LogP) is 1.13. The molecule has 0 fully saturated rings. The largest absolute Gasteiger partial charge is 0.384 e. The van der Waals surface area contributed by atoms with Gasteiger partial charge in [-0.1, -0.05) is 11.8 Å². The lowest BCUT2D eigenvalue weighted by Gasteiger charge is -2.21. The van der Waals surface area contributed by atoms with Crippen molar-refractivity contribution in [3.63, 3.8) is 0 Å². The zero-order valence-corrected chi connectivity index (χ0v) is 11.6. The summed E-state index contributed by atoms with van der Waals surface area (Å²) in [4.78, 5) is 13.6. The fourth-order valence-corrected chi connectivity index (χ4v) is 1.96. The monoisotopic (exact) mass is 267 g/mol. The molecule has 0 aromatic carbocycles. The van der Waals surface area contributed by atoms with Gasteiger partial charge in [-0.2, -0.15) is 0 Å². The maximum absolute atomic E-state index is 11.8. The van der Waals surface area contributed by atoms with E-state index in [0.29, 0.717) is 6.54 Å². The lowest BCUT2D eigenvalue weighted by molar-refractivity contribution is -0.139. The number of rotatable bonds is 4. The van der Waals surface area contributed by atoms with Crippen LogP contribution < -0.4 is 5.32 Å². The van der Waals surface area contributed by atoms with E-state index in [1.807, 2.05) is 12.1 Å². The number of amides is 1. The molecule has 1 rings (SSSR count). The van der Waals surface area contributed by atoms with Gasteiger partial charge in [-0.3, -0.25) is 4.79 Å². The number of hydrogen-bond donors (Lipinski definition) is 2. The van der Waals surface area contributed by atoms with Crippen molar-refractivity contribution in [2.24, 2.45) is 0 Å². The normalized spacial score (nSPS) is 10.7. The number of ether oxygens (including phenoxy) is 1. The second-order valence-corrected chi connectivity index (χ2v) is 5.29. The minimum atomic E-state index is -0.823. The molecule has 0 spiro atoms. The highest BCUT2D eigenvalue weighted by atomic mass is 32.1. The molecule has 1 amide bonds. The zero-order valence-electron chi connectivity index (χ0n) is 10.7. The first-order valence-electron chi connectivity index (χ1n) is 5.51. The number of thiophene rings is 1. The minimum absolute atomic E-state index is 0.147. The van der Waals surface area contributed by atoms with Crippen LogP contribution in [0.25, 0.3) is 0 Å². The number of hydrogen-bond acceptors (Lipinski definition) is 4. The number of aliphatic hydroxyl groups excluding tert-OH is 1. The van der Waals surface area contributed by atoms with Gasteiger partial charge in [0, 0.05) is 12.0 Å². The van der Waals surface area contributed by atoms with Gasteiger partial charge in [-0.05, 0) is 26.0 Å². The molecule has 0 saturated heterocycles. The van der Waals surface area contributed by atoms with E-state index in [2.05, 4.69) is 17.2 Å². The molecule has 0 aliphatic carbocycles. The van der Waals surface area contributed by atoms with E-state index >= 15 is 0 Å². The van der Waals surface area contributed by atoms with Crippen molar-refractivity contribution in [2.75, 3.05) is 13.7 Å². The smallest absolute Gasteiger partial charge is 0.251 e. The van der Waals surface area contributed by atoms with Gasteiger partial charge in [-0.25, -0.2) is 0 Å². The minimum Gasteiger partial charge on any atom is -0.384 e. The summed E-state index contributed by atoms with van der Waals surface area (Å²) in [6.45, 7) is 3.74. The summed E-state index contributed by atoms with van der Waals surface area (Å²) in [7, 11) is 1.51. The summed E-state index contributed by atoms with van der Waals surface area (Å²) in [6.07, 6.45) is 0. The van der Waals surface area contributed by atoms with Crippen LogP contribution in [0.3, 0.4) is 0 Å². The summed E-state index contributed by atoms with van der Waals surface area (Å²) in [5, 5.41) is 11.4. The van der Waals surface area contributed by atoms with Crippen molar-refractivity contribution in [3.05, 3.63) is 21.9 Å². The number of nitrogens with one attached hydrogen (secondary N) is 1. The van der Waals surface area contributed by atoms with Crippen LogP contribution in [0.5, 0.6) is 0 Å². The van der Waals surface area contributed by atoms with Gasteiger partial charge in [0.2, 0.25) is 0 Å². The van der Waals surface area contributed by atoms with Crippen LogP contribution in [0.2, 0.25) is 0 Å². The van der Waals surface area contributed by atoms with Crippen LogP contribution in [0.15, 0.2) is 12.1 Å². The average Bonchev–Trinajstić information content (AvgIpc) is 2.81. The molecule has 0 saturated carbocycles. The first kappa shape index (κ1) is 14.7. The maximum Gasteiger partial charge on any atom is 0.251 e. The highest BCUT2D eigenvalue weighted by Crippen LogP contribution is 2.15. The summed E-state index contributed by atoms with van der Waals surface area (Å²) in [6, 6.07) is 3.78. The summed E-state index contributed by atoms with van der Waals surface area (Å²) >= 11 is 1.49. The Bertz CT molecular complexity index is 468. The molecule has 0 aliphatic heterocycles. The number of carbonyl (C=O) groups excluding carboxylic acids is 1. The van der Waals surface area contributed by atoms with E-state index in [-0.39, 0.29) is 12.5 Å². The Morgan fingerprint density at radius 3 is 2.89 bits per heavy atom. The highest BCUT2D eigenvalue weighted by Gasteiger charge is 2.26. The standard InChI is InChI=1S/C13H17NO3S/c1-13(2,17-3)12(16)14-9-11-7-6-10(18-11)5-4-8-15/h6-7,15H,8-9H2,1-3H3,(H,14,16). The molecule has 5 heteroatoms. The van der Waals surface area contributed by atoms with E-state index in [1.165, 1.54) is 18.4 Å². The van der Waals surface area contributed by atoms with Crippen molar-refractivity contribution in [1.82, 2.24) is 5.32 Å². The summed E-state index contributed by atoms with van der Waals surface area (Å²) < 4.78 is 5.09. The molecule has 0 unspecified atom stereocenters. The fourth-order valence-electron chi connectivity index (χ4n) is 1.14. The van der Waals surface area contributed by atoms with Crippen molar-refractivity contribution >= 4 is 17.2 Å². The van der Waals surface area contributed by atoms with Gasteiger partial charge < -0.3 is 15.2 Å². The van der Waals surface area contributed by atoms with Crippen molar-refractivity contribution in [1.29, 1.82) is 0 Å². The molecule has 0 aliphatic rings. The van der Waals surface area contributed by atoms with E-state index < -0.39 is 5.60 Å². The molecule has 4 nitrogen and oxygen atoms in total. The molecule has 98 valence electrons. The first-order valence-corrected chi connectivity index (χ1v) is 6.33. The number of aliphatic hydroxyl groups is 1. The van der Waals surface area contributed by atoms with E-state index in [4.69, 9.17) is 9.84 Å². The second kappa shape index (κ2) is 6.55. The molecule has 18 heavy (non-hydrogen) atoms. The Labute approximate surface area is 111 Å². The van der Waals surface area contributed by atoms with Gasteiger partial charge in [-0.15, -0.1) is 11.3 Å². The molecular weight excluding hydrogens is 250 g/mol. The molecule has 1 aromatic heterocycles. The summed E-state index contributed by atoms with van der Waals surface area (Å²) in [5.74, 6) is 5.26. The third-order valence-electron chi connectivity index (χ3n) is 2.43. The van der Waals surface area contributed by atoms with Crippen molar-refractivity contribution in [3.8, 4) is 11.8 Å². The Hall–Kier alpha value is -1.35. The lowest BCUT2D eigenvalue weighted by Crippen LogP contribution is -2.43. The molecule has 1 aromatic rings. The van der Waals surface area contributed by atoms with E-state index in [1.54, 1.807) is 13.8 Å². The maximum atomic E-state index is 11.8. The highest BCUT2D eigenvalue weighted by molar-refractivity contribution is 7.12. The van der Waals surface area contributed by atoms with Gasteiger partial charge in [0.05, 0.1) is 11.4 Å². The predicted molar refractivity (Wildman–Crippen MR) is 71.2 cm³/mol. The number of carbonyl (C=O) groups is 1. The van der Waals surface area contributed by atoms with Gasteiger partial charge >= 0.3 is 0 Å². The molecule has 0 atom stereocenters. The molecule has 1 heterocycles. The fraction of sp³-hybridized carbons (Fsp3) is 0.462. The summed E-state index contributed by atoms with van der Waals surface area (Å²) in [5.41, 5.74) is -0.823. The van der Waals surface area contributed by atoms with Crippen LogP contribution in [0.1, 0.15) is 23.6 Å². The Balaban J connectivity index is 2.54. The Morgan fingerprint density at radius 1 is 1.56 bits per heavy atom. The van der Waals surface area contributed by atoms with Crippen LogP contribution in [0.4, 0.5) is 0 Å². The first-order chi connectivity index (χ1) is 8.49. The average molecular weight is 267 g/mol. The topological polar surface area (TPSA) is 58.6 Å². The molecule has 2 N–H and O–H groups in total.